The van der Waals surface area contributed by atoms with E-state index in [2.05, 4.69) is 21.2 Å². The van der Waals surface area contributed by atoms with Crippen LogP contribution < -0.4 is 5.32 Å². The van der Waals surface area contributed by atoms with E-state index >= 15 is 0 Å². The molecule has 114 valence electrons. The van der Waals surface area contributed by atoms with Crippen molar-refractivity contribution in [3.05, 3.63) is 64.4 Å². The number of thioether (sulfide) groups is 1. The van der Waals surface area contributed by atoms with E-state index in [1.54, 1.807) is 28.8 Å². The number of carbonyl (C=O) groups is 1. The lowest BCUT2D eigenvalue weighted by atomic mass is 10.2. The van der Waals surface area contributed by atoms with Crippen molar-refractivity contribution in [1.82, 2.24) is 4.90 Å². The lowest BCUT2D eigenvalue weighted by molar-refractivity contribution is 0.214. The number of nitrogens with one attached hydrogen (secondary N) is 1. The van der Waals surface area contributed by atoms with Crippen LogP contribution in [0.4, 0.5) is 14.9 Å². The van der Waals surface area contributed by atoms with E-state index in [1.165, 1.54) is 12.1 Å². The Balaban J connectivity index is 1.75. The fourth-order valence-corrected chi connectivity index (χ4v) is 3.86. The van der Waals surface area contributed by atoms with Gasteiger partial charge in [-0.15, -0.1) is 11.8 Å². The minimum absolute atomic E-state index is 0.0124. The number of hydrogen-bond donors (Lipinski definition) is 1. The van der Waals surface area contributed by atoms with Crippen molar-refractivity contribution in [3.63, 3.8) is 0 Å². The Hall–Kier alpha value is -1.53. The Morgan fingerprint density at radius 2 is 2.05 bits per heavy atom. The van der Waals surface area contributed by atoms with Crippen molar-refractivity contribution in [1.29, 1.82) is 0 Å². The third-order valence-corrected chi connectivity index (χ3v) is 5.17. The number of amides is 2. The van der Waals surface area contributed by atoms with Crippen LogP contribution in [0.3, 0.4) is 0 Å². The average Bonchev–Trinajstić information content (AvgIpc) is 2.97. The molecule has 22 heavy (non-hydrogen) atoms. The molecular formula is C16H14BrFN2OS. The van der Waals surface area contributed by atoms with Crippen molar-refractivity contribution in [2.75, 3.05) is 17.6 Å². The number of carbonyl (C=O) groups excluding carboxylic acids is 1. The van der Waals surface area contributed by atoms with Crippen LogP contribution in [-0.2, 0) is 0 Å². The van der Waals surface area contributed by atoms with E-state index in [-0.39, 0.29) is 17.2 Å². The largest absolute Gasteiger partial charge is 0.323 e. The smallest absolute Gasteiger partial charge is 0.308 e. The van der Waals surface area contributed by atoms with Gasteiger partial charge >= 0.3 is 6.03 Å². The SMILES string of the molecule is O=C(Nc1cccc(F)c1)N1CCSC1c1ccc(Br)cc1. The zero-order valence-electron chi connectivity index (χ0n) is 11.6. The highest BCUT2D eigenvalue weighted by molar-refractivity contribution is 9.10. The number of rotatable bonds is 2. The molecule has 6 heteroatoms. The van der Waals surface area contributed by atoms with Crippen molar-refractivity contribution in [3.8, 4) is 0 Å². The van der Waals surface area contributed by atoms with Gasteiger partial charge < -0.3 is 10.2 Å². The Labute approximate surface area is 141 Å². The minimum Gasteiger partial charge on any atom is -0.308 e. The molecule has 0 spiro atoms. The second-order valence-corrected chi connectivity index (χ2v) is 7.01. The molecule has 1 heterocycles. The van der Waals surface area contributed by atoms with Gasteiger partial charge in [-0.05, 0) is 35.9 Å². The predicted molar refractivity (Wildman–Crippen MR) is 91.5 cm³/mol. The summed E-state index contributed by atoms with van der Waals surface area (Å²) in [5.74, 6) is 0.523. The van der Waals surface area contributed by atoms with E-state index in [0.29, 0.717) is 12.2 Å². The monoisotopic (exact) mass is 380 g/mol. The molecule has 1 aliphatic heterocycles. The van der Waals surface area contributed by atoms with Gasteiger partial charge in [0.05, 0.1) is 0 Å². The van der Waals surface area contributed by atoms with Crippen LogP contribution in [0.5, 0.6) is 0 Å². The van der Waals surface area contributed by atoms with Crippen LogP contribution >= 0.6 is 27.7 Å². The van der Waals surface area contributed by atoms with E-state index < -0.39 is 0 Å². The summed E-state index contributed by atoms with van der Waals surface area (Å²) in [6.45, 7) is 0.673. The van der Waals surface area contributed by atoms with Gasteiger partial charge in [-0.3, -0.25) is 0 Å². The molecule has 1 saturated heterocycles. The standard InChI is InChI=1S/C16H14BrFN2OS/c17-12-6-4-11(5-7-12)15-20(8-9-22-15)16(21)19-14-3-1-2-13(18)10-14/h1-7,10,15H,8-9H2,(H,19,21). The molecule has 1 atom stereocenters. The molecular weight excluding hydrogens is 367 g/mol. The Morgan fingerprint density at radius 3 is 2.77 bits per heavy atom. The first-order valence-corrected chi connectivity index (χ1v) is 8.68. The molecule has 1 unspecified atom stereocenters. The maximum Gasteiger partial charge on any atom is 0.323 e. The summed E-state index contributed by atoms with van der Waals surface area (Å²) >= 11 is 5.14. The number of hydrogen-bond acceptors (Lipinski definition) is 2. The van der Waals surface area contributed by atoms with Gasteiger partial charge in [-0.1, -0.05) is 34.1 Å². The quantitative estimate of drug-likeness (QED) is 0.805. The van der Waals surface area contributed by atoms with Crippen LogP contribution in [0.2, 0.25) is 0 Å². The second kappa shape index (κ2) is 6.71. The molecule has 0 saturated carbocycles. The van der Waals surface area contributed by atoms with E-state index in [9.17, 15) is 9.18 Å². The van der Waals surface area contributed by atoms with Crippen molar-refractivity contribution in [2.45, 2.75) is 5.37 Å². The second-order valence-electron chi connectivity index (χ2n) is 4.91. The van der Waals surface area contributed by atoms with Crippen LogP contribution in [0.25, 0.3) is 0 Å². The summed E-state index contributed by atoms with van der Waals surface area (Å²) < 4.78 is 14.2. The molecule has 3 nitrogen and oxygen atoms in total. The number of halogens is 2. The fourth-order valence-electron chi connectivity index (χ4n) is 2.34. The maximum absolute atomic E-state index is 13.2. The van der Waals surface area contributed by atoms with Gasteiger partial charge in [0.15, 0.2) is 0 Å². The number of anilines is 1. The number of urea groups is 1. The summed E-state index contributed by atoms with van der Waals surface area (Å²) in [6.07, 6.45) is 0. The highest BCUT2D eigenvalue weighted by Crippen LogP contribution is 2.38. The van der Waals surface area contributed by atoms with Crippen LogP contribution in [-0.4, -0.2) is 23.2 Å². The molecule has 2 aromatic carbocycles. The maximum atomic E-state index is 13.2. The van der Waals surface area contributed by atoms with Crippen molar-refractivity contribution >= 4 is 39.4 Å². The number of benzene rings is 2. The first-order valence-electron chi connectivity index (χ1n) is 6.84. The highest BCUT2D eigenvalue weighted by atomic mass is 79.9. The molecule has 0 bridgehead atoms. The van der Waals surface area contributed by atoms with Gasteiger partial charge in [0.1, 0.15) is 11.2 Å². The fraction of sp³-hybridized carbons (Fsp3) is 0.188. The summed E-state index contributed by atoms with van der Waals surface area (Å²) in [7, 11) is 0. The average molecular weight is 381 g/mol. The first-order chi connectivity index (χ1) is 10.6. The highest BCUT2D eigenvalue weighted by Gasteiger charge is 2.30. The molecule has 0 aliphatic carbocycles. The van der Waals surface area contributed by atoms with Crippen LogP contribution in [0.15, 0.2) is 53.0 Å². The predicted octanol–water partition coefficient (Wildman–Crippen LogP) is 4.87. The molecule has 0 aromatic heterocycles. The van der Waals surface area contributed by atoms with E-state index in [4.69, 9.17) is 0 Å². The van der Waals surface area contributed by atoms with Gasteiger partial charge in [-0.2, -0.15) is 0 Å². The minimum atomic E-state index is -0.363. The summed E-state index contributed by atoms with van der Waals surface area (Å²) in [4.78, 5) is 14.2. The van der Waals surface area contributed by atoms with Crippen molar-refractivity contribution < 1.29 is 9.18 Å². The summed E-state index contributed by atoms with van der Waals surface area (Å²) in [5.41, 5.74) is 1.55. The Bertz CT molecular complexity index is 680. The van der Waals surface area contributed by atoms with E-state index in [1.807, 2.05) is 24.3 Å². The third kappa shape index (κ3) is 3.44. The summed E-state index contributed by atoms with van der Waals surface area (Å²) in [6, 6.07) is 13.7. The van der Waals surface area contributed by atoms with Crippen molar-refractivity contribution in [2.24, 2.45) is 0 Å². The lowest BCUT2D eigenvalue weighted by Gasteiger charge is -2.24. The molecule has 3 rings (SSSR count). The Morgan fingerprint density at radius 1 is 1.27 bits per heavy atom. The van der Waals surface area contributed by atoms with Gasteiger partial charge in [0, 0.05) is 22.5 Å². The molecule has 2 amide bonds. The molecule has 2 aromatic rings. The number of nitrogens with zero attached hydrogens (tertiary/aromatic N) is 1. The van der Waals surface area contributed by atoms with Crippen LogP contribution in [0.1, 0.15) is 10.9 Å². The van der Waals surface area contributed by atoms with E-state index in [0.717, 1.165) is 15.8 Å². The van der Waals surface area contributed by atoms with Gasteiger partial charge in [0.2, 0.25) is 0 Å². The first kappa shape index (κ1) is 15.4. The topological polar surface area (TPSA) is 32.3 Å². The zero-order valence-corrected chi connectivity index (χ0v) is 14.0. The molecule has 1 fully saturated rings. The van der Waals surface area contributed by atoms with Crippen LogP contribution in [0, 0.1) is 5.82 Å². The normalized spacial score (nSPS) is 17.5. The zero-order chi connectivity index (χ0) is 15.5. The third-order valence-electron chi connectivity index (χ3n) is 3.38. The van der Waals surface area contributed by atoms with Gasteiger partial charge in [-0.25, -0.2) is 9.18 Å². The molecule has 1 N–H and O–H groups in total. The molecule has 0 radical (unpaired) electrons. The Kier molecular flexibility index (Phi) is 4.69. The summed E-state index contributed by atoms with van der Waals surface area (Å²) in [5, 5.41) is 2.75. The lowest BCUT2D eigenvalue weighted by Crippen LogP contribution is -2.34. The van der Waals surface area contributed by atoms with Gasteiger partial charge in [0.25, 0.3) is 0 Å². The molecule has 1 aliphatic rings.